The molecule has 2 N–H and O–H groups in total. The summed E-state index contributed by atoms with van der Waals surface area (Å²) in [5.74, 6) is -0.918. The van der Waals surface area contributed by atoms with Crippen molar-refractivity contribution in [2.24, 2.45) is 0 Å². The molecule has 0 bridgehead atoms. The Morgan fingerprint density at radius 1 is 1.35 bits per heavy atom. The van der Waals surface area contributed by atoms with Crippen molar-refractivity contribution in [3.8, 4) is 0 Å². The van der Waals surface area contributed by atoms with E-state index in [4.69, 9.17) is 4.74 Å². The lowest BCUT2D eigenvalue weighted by Crippen LogP contribution is -2.21. The van der Waals surface area contributed by atoms with Gasteiger partial charge in [0, 0.05) is 15.5 Å². The highest BCUT2D eigenvalue weighted by atomic mass is 127. The summed E-state index contributed by atoms with van der Waals surface area (Å²) in [5, 5.41) is 2.71. The molecule has 0 aliphatic heterocycles. The third-order valence-electron chi connectivity index (χ3n) is 2.61. The van der Waals surface area contributed by atoms with Gasteiger partial charge in [0.05, 0.1) is 0 Å². The van der Waals surface area contributed by atoms with Crippen LogP contribution in [-0.4, -0.2) is 23.5 Å². The first-order valence-electron chi connectivity index (χ1n) is 5.93. The van der Waals surface area contributed by atoms with Gasteiger partial charge in [-0.25, -0.2) is 4.79 Å². The van der Waals surface area contributed by atoms with Crippen LogP contribution >= 0.6 is 22.6 Å². The summed E-state index contributed by atoms with van der Waals surface area (Å²) in [7, 11) is 0. The summed E-state index contributed by atoms with van der Waals surface area (Å²) in [4.78, 5) is 26.0. The fourth-order valence-electron chi connectivity index (χ4n) is 1.62. The summed E-state index contributed by atoms with van der Waals surface area (Å²) in [6, 6.07) is 8.95. The Morgan fingerprint density at radius 2 is 2.15 bits per heavy atom. The minimum atomic E-state index is -0.551. The van der Waals surface area contributed by atoms with Gasteiger partial charge in [-0.1, -0.05) is 0 Å². The number of aromatic nitrogens is 1. The van der Waals surface area contributed by atoms with Crippen molar-refractivity contribution in [3.05, 3.63) is 51.4 Å². The molecule has 0 aliphatic carbocycles. The molecule has 104 valence electrons. The number of ether oxygens (including phenoxy) is 1. The first-order valence-corrected chi connectivity index (χ1v) is 7.00. The highest BCUT2D eigenvalue weighted by Gasteiger charge is 2.11. The molecule has 1 aromatic carbocycles. The van der Waals surface area contributed by atoms with Crippen LogP contribution < -0.4 is 5.32 Å². The minimum absolute atomic E-state index is 0.316. The Balaban J connectivity index is 1.88. The van der Waals surface area contributed by atoms with Crippen molar-refractivity contribution < 1.29 is 14.3 Å². The van der Waals surface area contributed by atoms with Crippen LogP contribution in [0.15, 0.2) is 36.5 Å². The predicted molar refractivity (Wildman–Crippen MR) is 83.6 cm³/mol. The van der Waals surface area contributed by atoms with E-state index >= 15 is 0 Å². The van der Waals surface area contributed by atoms with Crippen LogP contribution in [0.25, 0.3) is 0 Å². The zero-order valence-electron chi connectivity index (χ0n) is 10.8. The van der Waals surface area contributed by atoms with E-state index in [-0.39, 0.29) is 12.5 Å². The SMILES string of the molecule is Cc1cc(I)ccc1NC(=O)COC(=O)c1ccc[nH]1. The van der Waals surface area contributed by atoms with E-state index in [1.807, 2.05) is 25.1 Å². The molecule has 0 spiro atoms. The second-order valence-electron chi connectivity index (χ2n) is 4.17. The van der Waals surface area contributed by atoms with E-state index in [9.17, 15) is 9.59 Å². The van der Waals surface area contributed by atoms with Gasteiger partial charge in [0.25, 0.3) is 5.91 Å². The zero-order valence-corrected chi connectivity index (χ0v) is 12.9. The van der Waals surface area contributed by atoms with Crippen LogP contribution in [0.5, 0.6) is 0 Å². The molecule has 6 heteroatoms. The lowest BCUT2D eigenvalue weighted by molar-refractivity contribution is -0.119. The van der Waals surface area contributed by atoms with Crippen LogP contribution in [0.4, 0.5) is 5.69 Å². The Labute approximate surface area is 129 Å². The molecule has 1 heterocycles. The third kappa shape index (κ3) is 3.83. The average Bonchev–Trinajstić information content (AvgIpc) is 2.93. The Bertz CT molecular complexity index is 623. The molecule has 0 fully saturated rings. The molecule has 0 saturated heterocycles. The molecule has 0 unspecified atom stereocenters. The number of hydrogen-bond acceptors (Lipinski definition) is 3. The number of H-pyrrole nitrogens is 1. The Hall–Kier alpha value is -1.83. The number of carbonyl (C=O) groups is 2. The molecule has 2 rings (SSSR count). The standard InChI is InChI=1S/C14H13IN2O3/c1-9-7-10(15)4-5-11(9)17-13(18)8-20-14(19)12-3-2-6-16-12/h2-7,16H,8H2,1H3,(H,17,18). The summed E-state index contributed by atoms with van der Waals surface area (Å²) in [6.45, 7) is 1.59. The van der Waals surface area contributed by atoms with E-state index in [0.717, 1.165) is 9.13 Å². The zero-order chi connectivity index (χ0) is 14.5. The van der Waals surface area contributed by atoms with Gasteiger partial charge in [0.2, 0.25) is 0 Å². The van der Waals surface area contributed by atoms with Crippen LogP contribution in [-0.2, 0) is 9.53 Å². The largest absolute Gasteiger partial charge is 0.451 e. The monoisotopic (exact) mass is 384 g/mol. The maximum atomic E-state index is 11.7. The number of amides is 1. The van der Waals surface area contributed by atoms with Gasteiger partial charge < -0.3 is 15.0 Å². The number of aromatic amines is 1. The maximum Gasteiger partial charge on any atom is 0.355 e. The van der Waals surface area contributed by atoms with Crippen LogP contribution in [0.2, 0.25) is 0 Å². The number of esters is 1. The highest BCUT2D eigenvalue weighted by Crippen LogP contribution is 2.17. The van der Waals surface area contributed by atoms with Gasteiger partial charge in [-0.05, 0) is 65.4 Å². The van der Waals surface area contributed by atoms with E-state index < -0.39 is 5.97 Å². The van der Waals surface area contributed by atoms with E-state index in [1.54, 1.807) is 18.3 Å². The van der Waals surface area contributed by atoms with Crippen LogP contribution in [0.3, 0.4) is 0 Å². The number of aryl methyl sites for hydroxylation is 1. The molecule has 0 aliphatic rings. The third-order valence-corrected chi connectivity index (χ3v) is 3.29. The van der Waals surface area contributed by atoms with Gasteiger partial charge in [-0.3, -0.25) is 4.79 Å². The summed E-state index contributed by atoms with van der Waals surface area (Å²) >= 11 is 2.20. The topological polar surface area (TPSA) is 71.2 Å². The number of anilines is 1. The molecule has 5 nitrogen and oxygen atoms in total. The van der Waals surface area contributed by atoms with Gasteiger partial charge in [-0.2, -0.15) is 0 Å². The summed E-state index contributed by atoms with van der Waals surface area (Å²) in [5.41, 5.74) is 2.00. The van der Waals surface area contributed by atoms with E-state index in [2.05, 4.69) is 32.9 Å². The maximum absolute atomic E-state index is 11.7. The molecule has 0 atom stereocenters. The van der Waals surface area contributed by atoms with Crippen molar-refractivity contribution in [1.29, 1.82) is 0 Å². The van der Waals surface area contributed by atoms with E-state index in [0.29, 0.717) is 11.4 Å². The number of hydrogen-bond donors (Lipinski definition) is 2. The molecule has 0 radical (unpaired) electrons. The lowest BCUT2D eigenvalue weighted by Gasteiger charge is -2.09. The second kappa shape index (κ2) is 6.56. The summed E-state index contributed by atoms with van der Waals surface area (Å²) < 4.78 is 5.99. The smallest absolute Gasteiger partial charge is 0.355 e. The summed E-state index contributed by atoms with van der Waals surface area (Å²) in [6.07, 6.45) is 1.62. The molecule has 1 amide bonds. The van der Waals surface area contributed by atoms with E-state index in [1.165, 1.54) is 0 Å². The second-order valence-corrected chi connectivity index (χ2v) is 5.41. The van der Waals surface area contributed by atoms with Gasteiger partial charge in [0.1, 0.15) is 5.69 Å². The van der Waals surface area contributed by atoms with Crippen molar-refractivity contribution in [1.82, 2.24) is 4.98 Å². The van der Waals surface area contributed by atoms with Crippen molar-refractivity contribution in [2.45, 2.75) is 6.92 Å². The molecule has 0 saturated carbocycles. The number of carbonyl (C=O) groups excluding carboxylic acids is 2. The van der Waals surface area contributed by atoms with Crippen LogP contribution in [0, 0.1) is 10.5 Å². The van der Waals surface area contributed by atoms with Crippen LogP contribution in [0.1, 0.15) is 16.1 Å². The fraction of sp³-hybridized carbons (Fsp3) is 0.143. The normalized spacial score (nSPS) is 10.1. The van der Waals surface area contributed by atoms with Gasteiger partial charge in [-0.15, -0.1) is 0 Å². The first-order chi connectivity index (χ1) is 9.56. The highest BCUT2D eigenvalue weighted by molar-refractivity contribution is 14.1. The van der Waals surface area contributed by atoms with Crippen molar-refractivity contribution >= 4 is 40.2 Å². The van der Waals surface area contributed by atoms with Crippen molar-refractivity contribution in [3.63, 3.8) is 0 Å². The number of benzene rings is 1. The van der Waals surface area contributed by atoms with Gasteiger partial charge >= 0.3 is 5.97 Å². The molecule has 1 aromatic heterocycles. The Morgan fingerprint density at radius 3 is 2.80 bits per heavy atom. The predicted octanol–water partition coefficient (Wildman–Crippen LogP) is 2.72. The number of rotatable bonds is 4. The quantitative estimate of drug-likeness (QED) is 0.629. The Kier molecular flexibility index (Phi) is 4.78. The fourth-order valence-corrected chi connectivity index (χ4v) is 2.27. The molecule has 2 aromatic rings. The molecular formula is C14H13IN2O3. The molecule has 20 heavy (non-hydrogen) atoms. The van der Waals surface area contributed by atoms with Crippen molar-refractivity contribution in [2.75, 3.05) is 11.9 Å². The average molecular weight is 384 g/mol. The minimum Gasteiger partial charge on any atom is -0.451 e. The number of halogens is 1. The number of nitrogens with one attached hydrogen (secondary N) is 2. The first kappa shape index (κ1) is 14.6. The molecular weight excluding hydrogens is 371 g/mol. The van der Waals surface area contributed by atoms with Gasteiger partial charge in [0.15, 0.2) is 6.61 Å². The lowest BCUT2D eigenvalue weighted by atomic mass is 10.2.